The minimum Gasteiger partial charge on any atom is -0.483 e. The molecule has 2 fully saturated rings. The van der Waals surface area contributed by atoms with Gasteiger partial charge in [-0.3, -0.25) is 38.9 Å². The van der Waals surface area contributed by atoms with Crippen LogP contribution >= 0.6 is 11.9 Å². The number of anilines is 5. The molecule has 2 aliphatic rings. The Labute approximate surface area is 436 Å². The minimum absolute atomic E-state index is 0.0268. The summed E-state index contributed by atoms with van der Waals surface area (Å²) >= 11 is 1.26. The van der Waals surface area contributed by atoms with Gasteiger partial charge in [-0.1, -0.05) is 43.9 Å². The molecule has 3 heterocycles. The van der Waals surface area contributed by atoms with Crippen molar-refractivity contribution in [3.8, 4) is 5.75 Å². The molecule has 0 radical (unpaired) electrons. The number of carbonyl (C=O) groups excluding carboxylic acids is 7. The van der Waals surface area contributed by atoms with Gasteiger partial charge in [0.2, 0.25) is 29.6 Å². The van der Waals surface area contributed by atoms with Gasteiger partial charge in [0.05, 0.1) is 5.56 Å². The molecule has 6 N–H and O–H groups in total. The molecule has 2 aliphatic heterocycles. The van der Waals surface area contributed by atoms with Crippen LogP contribution in [0.1, 0.15) is 111 Å². The monoisotopic (exact) mass is 1040 g/mol. The van der Waals surface area contributed by atoms with Crippen molar-refractivity contribution in [2.24, 2.45) is 0 Å². The number of nitrogens with zero attached hydrogens (tertiary/aromatic N) is 6. The van der Waals surface area contributed by atoms with E-state index in [0.29, 0.717) is 57.3 Å². The summed E-state index contributed by atoms with van der Waals surface area (Å²) in [4.78, 5) is 103. The Kier molecular flexibility index (Phi) is 20.7. The summed E-state index contributed by atoms with van der Waals surface area (Å²) in [5, 5.41) is 25.0. The number of hydrogen-bond acceptors (Lipinski definition) is 16. The molecule has 1 atom stereocenters. The van der Waals surface area contributed by atoms with E-state index < -0.39 is 35.2 Å². The summed E-state index contributed by atoms with van der Waals surface area (Å²) in [5.74, 6) is -1.07. The molecule has 2 saturated heterocycles. The van der Waals surface area contributed by atoms with Gasteiger partial charge in [0.1, 0.15) is 17.6 Å². The van der Waals surface area contributed by atoms with Crippen molar-refractivity contribution in [3.63, 3.8) is 0 Å². The van der Waals surface area contributed by atoms with Crippen LogP contribution in [-0.4, -0.2) is 136 Å². The topological polar surface area (TPSA) is 248 Å². The lowest BCUT2D eigenvalue weighted by Gasteiger charge is -2.36. The van der Waals surface area contributed by atoms with Gasteiger partial charge in [0, 0.05) is 110 Å². The molecule has 1 aromatic heterocycles. The van der Waals surface area contributed by atoms with Crippen LogP contribution in [0.3, 0.4) is 0 Å². The van der Waals surface area contributed by atoms with Crippen LogP contribution in [0.25, 0.3) is 0 Å². The molecule has 6 rings (SSSR count). The first-order valence-electron chi connectivity index (χ1n) is 25.1. The minimum atomic E-state index is -0.895. The lowest BCUT2D eigenvalue weighted by molar-refractivity contribution is -0.136. The highest BCUT2D eigenvalue weighted by Gasteiger charge is 2.34. The number of aryl methyl sites for hydroxylation is 1. The maximum absolute atomic E-state index is 13.4. The fourth-order valence-corrected chi connectivity index (χ4v) is 8.96. The Bertz CT molecular complexity index is 2600. The second kappa shape index (κ2) is 27.3. The number of hydrogen-bond donors (Lipinski definition) is 6. The lowest BCUT2D eigenvalue weighted by atomic mass is 10.0. The van der Waals surface area contributed by atoms with Crippen molar-refractivity contribution in [3.05, 3.63) is 89.6 Å². The van der Waals surface area contributed by atoms with Crippen molar-refractivity contribution < 1.29 is 43.5 Å². The largest absolute Gasteiger partial charge is 0.483 e. The van der Waals surface area contributed by atoms with Crippen molar-refractivity contribution in [1.82, 2.24) is 40.2 Å². The summed E-state index contributed by atoms with van der Waals surface area (Å²) < 4.78 is 6.91. The number of piperazine rings is 1. The third kappa shape index (κ3) is 16.7. The molecule has 0 bridgehead atoms. The van der Waals surface area contributed by atoms with Gasteiger partial charge in [-0.15, -0.1) is 4.47 Å². The molecule has 0 saturated carbocycles. The Hall–Kier alpha value is -7.10. The highest BCUT2D eigenvalue weighted by atomic mass is 32.2. The summed E-state index contributed by atoms with van der Waals surface area (Å²) in [5.41, 5.74) is 3.14. The number of likely N-dealkylation sites (N-methyl/N-ethyl adjacent to an activating group) is 1. The number of piperidine rings is 1. The number of carbonyl (C=O) groups is 7. The second-order valence-electron chi connectivity index (χ2n) is 19.3. The molecule has 4 aromatic rings. The molecule has 0 aliphatic carbocycles. The average Bonchev–Trinajstić information content (AvgIpc) is 3.38. The van der Waals surface area contributed by atoms with E-state index in [-0.39, 0.29) is 61.0 Å². The molecule has 396 valence electrons. The maximum atomic E-state index is 13.4. The quantitative estimate of drug-likeness (QED) is 0.0136. The van der Waals surface area contributed by atoms with Gasteiger partial charge in [-0.05, 0) is 107 Å². The zero-order valence-corrected chi connectivity index (χ0v) is 43.7. The predicted octanol–water partition coefficient (Wildman–Crippen LogP) is 6.54. The third-order valence-corrected chi connectivity index (χ3v) is 13.7. The van der Waals surface area contributed by atoms with E-state index in [1.807, 2.05) is 81.1 Å². The smallest absolute Gasteiger partial charge is 0.258 e. The second-order valence-corrected chi connectivity index (χ2v) is 20.3. The van der Waals surface area contributed by atoms with Gasteiger partial charge in [-0.25, -0.2) is 4.98 Å². The summed E-state index contributed by atoms with van der Waals surface area (Å²) in [6.07, 6.45) is 8.14. The fourth-order valence-electron chi connectivity index (χ4n) is 8.17. The lowest BCUT2D eigenvalue weighted by Crippen LogP contribution is -2.53. The molecular formula is C53H69N11O9S. The Morgan fingerprint density at radius 1 is 0.865 bits per heavy atom. The van der Waals surface area contributed by atoms with Gasteiger partial charge >= 0.3 is 0 Å². The number of aromatic nitrogens is 2. The van der Waals surface area contributed by atoms with Crippen molar-refractivity contribution in [1.29, 1.82) is 0 Å². The van der Waals surface area contributed by atoms with Crippen LogP contribution in [0.2, 0.25) is 0 Å². The van der Waals surface area contributed by atoms with Crippen molar-refractivity contribution in [2.45, 2.75) is 108 Å². The number of rotatable bonds is 25. The Morgan fingerprint density at radius 3 is 2.22 bits per heavy atom. The van der Waals surface area contributed by atoms with Crippen LogP contribution < -0.4 is 36.2 Å². The van der Waals surface area contributed by atoms with E-state index in [1.54, 1.807) is 6.20 Å². The average molecular weight is 1040 g/mol. The fraction of sp³-hybridized carbons (Fsp3) is 0.453. The number of aldehydes is 1. The Morgan fingerprint density at radius 2 is 1.54 bits per heavy atom. The molecular weight excluding hydrogens is 967 g/mol. The van der Waals surface area contributed by atoms with Gasteiger partial charge < -0.3 is 45.9 Å². The predicted molar refractivity (Wildman–Crippen MR) is 283 cm³/mol. The summed E-state index contributed by atoms with van der Waals surface area (Å²) in [6.45, 7) is 10.8. The zero-order chi connectivity index (χ0) is 53.2. The number of hydroxylamine groups is 1. The number of amides is 6. The number of imide groups is 1. The number of nitrogens with one attached hydrogen (secondary N) is 5. The first-order chi connectivity index (χ1) is 35.5. The van der Waals surface area contributed by atoms with Gasteiger partial charge in [0.15, 0.2) is 12.9 Å². The molecule has 1 unspecified atom stereocenters. The molecule has 74 heavy (non-hydrogen) atoms. The standard InChI is InChI=1S/C53H69N11O9S/c1-36-33-56-52(60-49(36)57-39-15-13-16-41(32-39)74-64(72)53(2,3)4)58-38-18-20-40(21-19-38)62-28-30-63(31-29-62)47(69)25-24-44(66)54-26-10-8-6-7-9-11-27-55-46(68)35-73-43-17-12-14-37(34-65)48(43)51(71)61(5)42-22-23-45(67)59-50(42)70/h12-21,32-34,42,72H,6-11,22-31,35H2,1-5H3,(H,54,66)(H,55,68)(H,59,67,70)(H2,56,57,58,60). The van der Waals surface area contributed by atoms with Crippen LogP contribution in [0, 0.1) is 6.92 Å². The van der Waals surface area contributed by atoms with E-state index in [4.69, 9.17) is 9.72 Å². The van der Waals surface area contributed by atoms with Crippen LogP contribution in [0.4, 0.5) is 28.8 Å². The third-order valence-electron chi connectivity index (χ3n) is 12.5. The Balaban J connectivity index is 0.796. The van der Waals surface area contributed by atoms with Crippen LogP contribution in [0.15, 0.2) is 77.8 Å². The highest BCUT2D eigenvalue weighted by molar-refractivity contribution is 7.97. The molecule has 6 amide bonds. The number of unbranched alkanes of at least 4 members (excludes halogenated alkanes) is 5. The summed E-state index contributed by atoms with van der Waals surface area (Å²) in [6, 6.07) is 19.3. The normalized spacial score (nSPS) is 14.8. The highest BCUT2D eigenvalue weighted by Crippen LogP contribution is 2.31. The molecule has 21 heteroatoms. The molecule has 20 nitrogen and oxygen atoms in total. The zero-order valence-electron chi connectivity index (χ0n) is 42.9. The van der Waals surface area contributed by atoms with E-state index in [1.165, 1.54) is 46.6 Å². The first kappa shape index (κ1) is 56.2. The van der Waals surface area contributed by atoms with Crippen LogP contribution in [0.5, 0.6) is 5.75 Å². The van der Waals surface area contributed by atoms with E-state index >= 15 is 0 Å². The molecule has 0 spiro atoms. The van der Waals surface area contributed by atoms with Crippen LogP contribution in [-0.2, 0) is 24.0 Å². The van der Waals surface area contributed by atoms with Gasteiger partial charge in [-0.2, -0.15) is 4.98 Å². The van der Waals surface area contributed by atoms with Crippen molar-refractivity contribution in [2.75, 3.05) is 68.5 Å². The number of ether oxygens (including phenoxy) is 1. The first-order valence-corrected chi connectivity index (χ1v) is 25.9. The van der Waals surface area contributed by atoms with Gasteiger partial charge in [0.25, 0.3) is 11.8 Å². The van der Waals surface area contributed by atoms with E-state index in [9.17, 15) is 38.8 Å². The van der Waals surface area contributed by atoms with E-state index in [2.05, 4.69) is 36.5 Å². The van der Waals surface area contributed by atoms with E-state index in [0.717, 1.165) is 66.0 Å². The molecule has 3 aromatic carbocycles. The van der Waals surface area contributed by atoms with Crippen molar-refractivity contribution >= 4 is 82.5 Å². The SMILES string of the molecule is Cc1cnc(Nc2ccc(N3CCN(C(=O)CCC(=O)NCCCCCCCCNC(=O)COc4cccc(C=O)c4C(=O)N(C)C4CCC(=O)NC4=O)CC3)cc2)nc1Nc1cccc(SN(O)C(C)(C)C)c1. The summed E-state index contributed by atoms with van der Waals surface area (Å²) in [7, 11) is 1.41. The maximum Gasteiger partial charge on any atom is 0.258 e. The number of benzene rings is 3.